The standard InChI is InChI=1S/C24H34N2O3/c1-18-4-6-19(7-5-18)8-13-22(28)26-17-3-15-24(26)14-2-16-25(23(24)29)20-9-11-21(27)12-10-20/h4-7,20-21,27H,2-3,8-17H2,1H3. The lowest BCUT2D eigenvalue weighted by Crippen LogP contribution is -2.63. The van der Waals surface area contributed by atoms with E-state index >= 15 is 0 Å². The van der Waals surface area contributed by atoms with E-state index < -0.39 is 5.54 Å². The number of hydrogen-bond acceptors (Lipinski definition) is 3. The van der Waals surface area contributed by atoms with Crippen LogP contribution in [0.4, 0.5) is 0 Å². The van der Waals surface area contributed by atoms with E-state index in [0.29, 0.717) is 13.0 Å². The average molecular weight is 399 g/mol. The van der Waals surface area contributed by atoms with E-state index in [1.165, 1.54) is 11.1 Å². The fourth-order valence-electron chi connectivity index (χ4n) is 5.60. The third-order valence-corrected chi connectivity index (χ3v) is 7.29. The molecule has 1 aromatic carbocycles. The number of aryl methyl sites for hydroxylation is 2. The van der Waals surface area contributed by atoms with Gasteiger partial charge in [-0.05, 0) is 70.3 Å². The van der Waals surface area contributed by atoms with Crippen LogP contribution in [0.5, 0.6) is 0 Å². The molecule has 2 amide bonds. The Morgan fingerprint density at radius 2 is 1.72 bits per heavy atom. The van der Waals surface area contributed by atoms with Crippen molar-refractivity contribution in [3.05, 3.63) is 35.4 Å². The zero-order valence-electron chi connectivity index (χ0n) is 17.6. The number of amides is 2. The summed E-state index contributed by atoms with van der Waals surface area (Å²) in [7, 11) is 0. The first-order valence-electron chi connectivity index (χ1n) is 11.3. The number of likely N-dealkylation sites (tertiary alicyclic amines) is 2. The Hall–Kier alpha value is -1.88. The highest BCUT2D eigenvalue weighted by atomic mass is 16.3. The minimum atomic E-state index is -0.612. The normalized spacial score (nSPS) is 30.2. The smallest absolute Gasteiger partial charge is 0.248 e. The van der Waals surface area contributed by atoms with Crippen LogP contribution in [0.15, 0.2) is 24.3 Å². The molecule has 1 N–H and O–H groups in total. The van der Waals surface area contributed by atoms with Crippen molar-refractivity contribution in [1.82, 2.24) is 9.80 Å². The van der Waals surface area contributed by atoms with Gasteiger partial charge in [-0.15, -0.1) is 0 Å². The van der Waals surface area contributed by atoms with Crippen molar-refractivity contribution in [3.63, 3.8) is 0 Å². The predicted molar refractivity (Wildman–Crippen MR) is 112 cm³/mol. The molecule has 158 valence electrons. The van der Waals surface area contributed by atoms with E-state index in [9.17, 15) is 14.7 Å². The van der Waals surface area contributed by atoms with Gasteiger partial charge in [0.1, 0.15) is 5.54 Å². The number of benzene rings is 1. The maximum atomic E-state index is 13.6. The summed E-state index contributed by atoms with van der Waals surface area (Å²) in [5, 5.41) is 9.82. The number of aliphatic hydroxyl groups excluding tert-OH is 1. The molecule has 1 aliphatic carbocycles. The van der Waals surface area contributed by atoms with Crippen molar-refractivity contribution >= 4 is 11.8 Å². The van der Waals surface area contributed by atoms with Crippen LogP contribution in [-0.2, 0) is 16.0 Å². The van der Waals surface area contributed by atoms with Crippen molar-refractivity contribution in [2.24, 2.45) is 0 Å². The zero-order chi connectivity index (χ0) is 20.4. The second-order valence-corrected chi connectivity index (χ2v) is 9.23. The lowest BCUT2D eigenvalue weighted by Gasteiger charge is -2.48. The first-order chi connectivity index (χ1) is 14.0. The molecule has 0 bridgehead atoms. The molecule has 3 aliphatic rings. The SMILES string of the molecule is Cc1ccc(CCC(=O)N2CCCC23CCCN(C2CCC(O)CC2)C3=O)cc1. The summed E-state index contributed by atoms with van der Waals surface area (Å²) in [5.41, 5.74) is 1.79. The molecule has 0 radical (unpaired) electrons. The molecule has 1 saturated carbocycles. The maximum Gasteiger partial charge on any atom is 0.248 e. The summed E-state index contributed by atoms with van der Waals surface area (Å²) >= 11 is 0. The van der Waals surface area contributed by atoms with Crippen molar-refractivity contribution in [2.75, 3.05) is 13.1 Å². The van der Waals surface area contributed by atoms with Crippen LogP contribution >= 0.6 is 0 Å². The molecular formula is C24H34N2O3. The number of carbonyl (C=O) groups excluding carboxylic acids is 2. The number of piperidine rings is 1. The van der Waals surface area contributed by atoms with Crippen LogP contribution in [0.1, 0.15) is 68.9 Å². The Kier molecular flexibility index (Phi) is 5.95. The molecule has 1 atom stereocenters. The van der Waals surface area contributed by atoms with Crippen LogP contribution in [-0.4, -0.2) is 57.5 Å². The molecule has 2 heterocycles. The Balaban J connectivity index is 1.44. The van der Waals surface area contributed by atoms with E-state index in [1.54, 1.807) is 0 Å². The van der Waals surface area contributed by atoms with Gasteiger partial charge in [0.15, 0.2) is 0 Å². The monoisotopic (exact) mass is 398 g/mol. The first-order valence-corrected chi connectivity index (χ1v) is 11.3. The van der Waals surface area contributed by atoms with E-state index in [-0.39, 0.29) is 24.0 Å². The van der Waals surface area contributed by atoms with Gasteiger partial charge >= 0.3 is 0 Å². The summed E-state index contributed by atoms with van der Waals surface area (Å²) in [4.78, 5) is 30.8. The van der Waals surface area contributed by atoms with E-state index in [2.05, 4.69) is 36.1 Å². The van der Waals surface area contributed by atoms with Crippen LogP contribution in [0.2, 0.25) is 0 Å². The Morgan fingerprint density at radius 3 is 2.41 bits per heavy atom. The lowest BCUT2D eigenvalue weighted by atomic mass is 9.82. The van der Waals surface area contributed by atoms with Crippen LogP contribution in [0, 0.1) is 6.92 Å². The van der Waals surface area contributed by atoms with Crippen molar-refractivity contribution in [1.29, 1.82) is 0 Å². The molecule has 5 heteroatoms. The van der Waals surface area contributed by atoms with Gasteiger partial charge in [0.25, 0.3) is 0 Å². The number of nitrogens with zero attached hydrogens (tertiary/aromatic N) is 2. The largest absolute Gasteiger partial charge is 0.393 e. The van der Waals surface area contributed by atoms with Crippen molar-refractivity contribution in [2.45, 2.75) is 88.8 Å². The number of carbonyl (C=O) groups is 2. The summed E-state index contributed by atoms with van der Waals surface area (Å²) < 4.78 is 0. The molecule has 2 saturated heterocycles. The van der Waals surface area contributed by atoms with E-state index in [4.69, 9.17) is 0 Å². The molecule has 29 heavy (non-hydrogen) atoms. The number of hydrogen-bond donors (Lipinski definition) is 1. The summed E-state index contributed by atoms with van der Waals surface area (Å²) in [6.07, 6.45) is 7.77. The van der Waals surface area contributed by atoms with E-state index in [0.717, 1.165) is 64.3 Å². The second kappa shape index (κ2) is 8.47. The highest BCUT2D eigenvalue weighted by Crippen LogP contribution is 2.40. The number of rotatable bonds is 4. The van der Waals surface area contributed by atoms with Gasteiger partial charge in [-0.1, -0.05) is 29.8 Å². The van der Waals surface area contributed by atoms with Gasteiger partial charge in [-0.3, -0.25) is 9.59 Å². The summed E-state index contributed by atoms with van der Waals surface area (Å²) in [5.74, 6) is 0.295. The topological polar surface area (TPSA) is 60.9 Å². The minimum absolute atomic E-state index is 0.123. The van der Waals surface area contributed by atoms with E-state index in [1.807, 2.05) is 4.90 Å². The van der Waals surface area contributed by atoms with Gasteiger partial charge in [0, 0.05) is 25.6 Å². The van der Waals surface area contributed by atoms with Gasteiger partial charge in [-0.2, -0.15) is 0 Å². The molecular weight excluding hydrogens is 364 g/mol. The molecule has 1 spiro atoms. The Morgan fingerprint density at radius 1 is 1.07 bits per heavy atom. The molecule has 4 rings (SSSR count). The van der Waals surface area contributed by atoms with Crippen molar-refractivity contribution in [3.8, 4) is 0 Å². The summed E-state index contributed by atoms with van der Waals surface area (Å²) in [6.45, 7) is 3.57. The highest BCUT2D eigenvalue weighted by molar-refractivity contribution is 5.93. The highest BCUT2D eigenvalue weighted by Gasteiger charge is 2.53. The third kappa shape index (κ3) is 4.07. The van der Waals surface area contributed by atoms with Crippen LogP contribution in [0.25, 0.3) is 0 Å². The molecule has 1 aromatic rings. The average Bonchev–Trinajstić information content (AvgIpc) is 3.15. The fraction of sp³-hybridized carbons (Fsp3) is 0.667. The molecule has 1 unspecified atom stereocenters. The Bertz CT molecular complexity index is 739. The molecule has 0 aromatic heterocycles. The van der Waals surface area contributed by atoms with Gasteiger partial charge < -0.3 is 14.9 Å². The second-order valence-electron chi connectivity index (χ2n) is 9.23. The predicted octanol–water partition coefficient (Wildman–Crippen LogP) is 3.21. The maximum absolute atomic E-state index is 13.6. The quantitative estimate of drug-likeness (QED) is 0.847. The third-order valence-electron chi connectivity index (χ3n) is 7.29. The van der Waals surface area contributed by atoms with Gasteiger partial charge in [0.2, 0.25) is 11.8 Å². The first kappa shape index (κ1) is 20.4. The zero-order valence-corrected chi connectivity index (χ0v) is 17.6. The van der Waals surface area contributed by atoms with Crippen LogP contribution < -0.4 is 0 Å². The number of aliphatic hydroxyl groups is 1. The molecule has 2 aliphatic heterocycles. The van der Waals surface area contributed by atoms with Crippen molar-refractivity contribution < 1.29 is 14.7 Å². The van der Waals surface area contributed by atoms with Gasteiger partial charge in [-0.25, -0.2) is 0 Å². The van der Waals surface area contributed by atoms with Crippen LogP contribution in [0.3, 0.4) is 0 Å². The summed E-state index contributed by atoms with van der Waals surface area (Å²) in [6, 6.07) is 8.58. The lowest BCUT2D eigenvalue weighted by molar-refractivity contribution is -0.158. The Labute approximate surface area is 174 Å². The molecule has 5 nitrogen and oxygen atoms in total. The molecule has 3 fully saturated rings. The van der Waals surface area contributed by atoms with Gasteiger partial charge in [0.05, 0.1) is 6.10 Å². The minimum Gasteiger partial charge on any atom is -0.393 e. The fourth-order valence-corrected chi connectivity index (χ4v) is 5.60.